The fraction of sp³-hybridized carbons (Fsp3) is 0.462. The van der Waals surface area contributed by atoms with Gasteiger partial charge in [0, 0.05) is 53.3 Å². The van der Waals surface area contributed by atoms with Crippen LogP contribution in [-0.2, 0) is 19.1 Å². The molecule has 2 saturated heterocycles. The van der Waals surface area contributed by atoms with E-state index >= 15 is 0 Å². The molecular formula is C26H25ClF2N4O5S. The fourth-order valence-corrected chi connectivity index (χ4v) is 7.44. The van der Waals surface area contributed by atoms with Crippen LogP contribution in [0.2, 0.25) is 5.02 Å². The summed E-state index contributed by atoms with van der Waals surface area (Å²) >= 11 is 7.59. The largest absolute Gasteiger partial charge is 0.481 e. The number of carboxylic acids is 1. The Labute approximate surface area is 231 Å². The number of carboxylic acid groups (broad SMARTS) is 1. The van der Waals surface area contributed by atoms with E-state index < -0.39 is 34.6 Å². The van der Waals surface area contributed by atoms with E-state index in [-0.39, 0.29) is 54.1 Å². The van der Waals surface area contributed by atoms with Crippen LogP contribution in [0, 0.1) is 23.0 Å². The van der Waals surface area contributed by atoms with Gasteiger partial charge in [-0.05, 0) is 25.3 Å². The van der Waals surface area contributed by atoms with Gasteiger partial charge in [0.2, 0.25) is 0 Å². The van der Waals surface area contributed by atoms with Gasteiger partial charge >= 0.3 is 11.9 Å². The van der Waals surface area contributed by atoms with E-state index in [0.717, 1.165) is 6.07 Å². The lowest BCUT2D eigenvalue weighted by Crippen LogP contribution is -2.80. The Balaban J connectivity index is 1.41. The third-order valence-electron chi connectivity index (χ3n) is 8.31. The molecule has 9 nitrogen and oxygen atoms in total. The molecule has 6 rings (SSSR count). The Morgan fingerprint density at radius 2 is 2.18 bits per heavy atom. The SMILES string of the molecule is CCOC(=O)C1=C(CN2[C@@H]3COCC34[C@@H](CC(=O)O)C[C@@H]24)NC(c2nccs2)=N[C@H]1c1ccc(F)c(F)c1Cl. The highest BCUT2D eigenvalue weighted by molar-refractivity contribution is 7.11. The molecule has 39 heavy (non-hydrogen) atoms. The highest BCUT2D eigenvalue weighted by Crippen LogP contribution is 2.65. The zero-order valence-corrected chi connectivity index (χ0v) is 22.4. The number of aliphatic imine (C=N–C) groups is 1. The van der Waals surface area contributed by atoms with E-state index in [1.807, 2.05) is 0 Å². The number of amidine groups is 1. The maximum absolute atomic E-state index is 14.6. The molecule has 3 aliphatic heterocycles. The average molecular weight is 579 g/mol. The summed E-state index contributed by atoms with van der Waals surface area (Å²) < 4.78 is 39.7. The summed E-state index contributed by atoms with van der Waals surface area (Å²) in [5, 5.41) is 14.5. The Hall–Kier alpha value is -2.93. The van der Waals surface area contributed by atoms with Gasteiger partial charge in [-0.2, -0.15) is 0 Å². The van der Waals surface area contributed by atoms with E-state index in [0.29, 0.717) is 36.2 Å². The Morgan fingerprint density at radius 1 is 1.36 bits per heavy atom. The van der Waals surface area contributed by atoms with Crippen LogP contribution in [0.5, 0.6) is 0 Å². The summed E-state index contributed by atoms with van der Waals surface area (Å²) in [6, 6.07) is 1.29. The van der Waals surface area contributed by atoms with Crippen LogP contribution >= 0.6 is 22.9 Å². The predicted molar refractivity (Wildman–Crippen MR) is 137 cm³/mol. The number of aromatic nitrogens is 1. The standard InChI is InChI=1S/C26H25ClF2N4O5S/c1-2-38-25(36)19-15(9-33-16-7-12(8-18(34)35)26(16)11-37-10-17(26)33)31-23(24-30-5-6-39-24)32-22(19)13-3-4-14(28)21(29)20(13)27/h3-6,12,16-17,22H,2,7-11H2,1H3,(H,31,32)(H,34,35)/t12-,16-,17-,22+,26?/m1/s1. The van der Waals surface area contributed by atoms with E-state index in [9.17, 15) is 23.5 Å². The number of halogens is 3. The number of aliphatic carboxylic acids is 1. The van der Waals surface area contributed by atoms with Crippen LogP contribution in [0.25, 0.3) is 0 Å². The van der Waals surface area contributed by atoms with Crippen LogP contribution in [0.1, 0.15) is 36.4 Å². The van der Waals surface area contributed by atoms with Crippen LogP contribution in [0.15, 0.2) is 40.0 Å². The number of nitrogens with zero attached hydrogens (tertiary/aromatic N) is 3. The van der Waals surface area contributed by atoms with Gasteiger partial charge in [0.05, 0.1) is 30.4 Å². The van der Waals surface area contributed by atoms with Crippen molar-refractivity contribution in [3.8, 4) is 0 Å². The molecule has 3 fully saturated rings. The molecule has 1 spiro atoms. The summed E-state index contributed by atoms with van der Waals surface area (Å²) in [6.45, 7) is 3.03. The number of likely N-dealkylation sites (tertiary alicyclic amines) is 1. The summed E-state index contributed by atoms with van der Waals surface area (Å²) in [5.41, 5.74) is 0.538. The monoisotopic (exact) mass is 578 g/mol. The quantitative estimate of drug-likeness (QED) is 0.361. The second-order valence-electron chi connectivity index (χ2n) is 10.1. The van der Waals surface area contributed by atoms with Crippen LogP contribution < -0.4 is 5.32 Å². The third kappa shape index (κ3) is 4.07. The molecule has 0 radical (unpaired) electrons. The molecule has 2 aromatic rings. The molecule has 206 valence electrons. The molecule has 1 aliphatic carbocycles. The van der Waals surface area contributed by atoms with E-state index in [4.69, 9.17) is 21.1 Å². The van der Waals surface area contributed by atoms with Crippen molar-refractivity contribution in [2.24, 2.45) is 16.3 Å². The average Bonchev–Trinajstić information content (AvgIpc) is 3.59. The summed E-state index contributed by atoms with van der Waals surface area (Å²) in [7, 11) is 0. The van der Waals surface area contributed by atoms with Crippen molar-refractivity contribution < 1.29 is 33.0 Å². The molecule has 4 heterocycles. The van der Waals surface area contributed by atoms with Crippen LogP contribution in [0.4, 0.5) is 8.78 Å². The zero-order chi connectivity index (χ0) is 27.5. The minimum absolute atomic E-state index is 0.00849. The first-order chi connectivity index (χ1) is 18.8. The van der Waals surface area contributed by atoms with Crippen molar-refractivity contribution in [2.75, 3.05) is 26.4 Å². The van der Waals surface area contributed by atoms with Crippen molar-refractivity contribution in [1.82, 2.24) is 15.2 Å². The van der Waals surface area contributed by atoms with Gasteiger partial charge in [0.15, 0.2) is 22.5 Å². The molecule has 4 aliphatic rings. The van der Waals surface area contributed by atoms with Gasteiger partial charge in [0.25, 0.3) is 0 Å². The lowest BCUT2D eigenvalue weighted by molar-refractivity contribution is -0.222. The first-order valence-electron chi connectivity index (χ1n) is 12.6. The molecule has 0 bridgehead atoms. The minimum atomic E-state index is -1.22. The lowest BCUT2D eigenvalue weighted by atomic mass is 9.46. The number of piperidine rings is 1. The van der Waals surface area contributed by atoms with Crippen LogP contribution in [-0.4, -0.2) is 71.2 Å². The Morgan fingerprint density at radius 3 is 2.90 bits per heavy atom. The molecule has 13 heteroatoms. The van der Waals surface area contributed by atoms with Gasteiger partial charge in [-0.3, -0.25) is 14.7 Å². The Kier molecular flexibility index (Phi) is 6.69. The van der Waals surface area contributed by atoms with Crippen molar-refractivity contribution in [3.05, 3.63) is 62.2 Å². The Bertz CT molecular complexity index is 1400. The second-order valence-corrected chi connectivity index (χ2v) is 11.4. The summed E-state index contributed by atoms with van der Waals surface area (Å²) in [5.74, 6) is -3.41. The summed E-state index contributed by atoms with van der Waals surface area (Å²) in [6.07, 6.45) is 2.42. The molecule has 0 amide bonds. The van der Waals surface area contributed by atoms with E-state index in [2.05, 4.69) is 20.2 Å². The number of carbonyl (C=O) groups is 2. The normalized spacial score (nSPS) is 29.5. The van der Waals surface area contributed by atoms with E-state index in [1.165, 1.54) is 17.4 Å². The molecule has 1 aromatic heterocycles. The number of nitrogens with one attached hydrogen (secondary N) is 1. The predicted octanol–water partition coefficient (Wildman–Crippen LogP) is 3.55. The smallest absolute Gasteiger partial charge is 0.338 e. The highest BCUT2D eigenvalue weighted by atomic mass is 35.5. The van der Waals surface area contributed by atoms with E-state index in [1.54, 1.807) is 18.5 Å². The van der Waals surface area contributed by atoms with Gasteiger partial charge in [-0.15, -0.1) is 11.3 Å². The number of ether oxygens (including phenoxy) is 2. The third-order valence-corrected chi connectivity index (χ3v) is 9.48. The van der Waals surface area contributed by atoms with Crippen molar-refractivity contribution >= 4 is 40.7 Å². The lowest BCUT2D eigenvalue weighted by Gasteiger charge is -2.71. The molecular weight excluding hydrogens is 554 g/mol. The van der Waals surface area contributed by atoms with Gasteiger partial charge in [-0.1, -0.05) is 17.7 Å². The number of esters is 1. The number of carbonyl (C=O) groups excluding carboxylic acids is 1. The molecule has 1 aromatic carbocycles. The molecule has 2 N–H and O–H groups in total. The van der Waals surface area contributed by atoms with Crippen molar-refractivity contribution in [1.29, 1.82) is 0 Å². The maximum atomic E-state index is 14.6. The fourth-order valence-electron chi connectivity index (χ4n) is 6.59. The van der Waals surface area contributed by atoms with Gasteiger partial charge in [0.1, 0.15) is 6.04 Å². The highest BCUT2D eigenvalue weighted by Gasteiger charge is 2.73. The number of hydrogen-bond acceptors (Lipinski definition) is 9. The number of thiazole rings is 1. The molecule has 1 unspecified atom stereocenters. The topological polar surface area (TPSA) is 113 Å². The maximum Gasteiger partial charge on any atom is 0.338 e. The number of benzene rings is 1. The van der Waals surface area contributed by atoms with Crippen molar-refractivity contribution in [2.45, 2.75) is 37.9 Å². The van der Waals surface area contributed by atoms with Gasteiger partial charge < -0.3 is 19.9 Å². The van der Waals surface area contributed by atoms with Crippen LogP contribution in [0.3, 0.4) is 0 Å². The zero-order valence-electron chi connectivity index (χ0n) is 20.8. The first-order valence-corrected chi connectivity index (χ1v) is 13.9. The first kappa shape index (κ1) is 26.3. The second kappa shape index (κ2) is 9.92. The molecule has 5 atom stereocenters. The minimum Gasteiger partial charge on any atom is -0.481 e. The van der Waals surface area contributed by atoms with Crippen molar-refractivity contribution in [3.63, 3.8) is 0 Å². The molecule has 1 saturated carbocycles. The summed E-state index contributed by atoms with van der Waals surface area (Å²) in [4.78, 5) is 36.0. The number of rotatable bonds is 8. The number of hydrogen-bond donors (Lipinski definition) is 2. The van der Waals surface area contributed by atoms with Gasteiger partial charge in [-0.25, -0.2) is 18.6 Å².